The predicted octanol–water partition coefficient (Wildman–Crippen LogP) is 2.61. The quantitative estimate of drug-likeness (QED) is 0.870. The van der Waals surface area contributed by atoms with Crippen LogP contribution < -0.4 is 5.32 Å². The Morgan fingerprint density at radius 3 is 2.71 bits per heavy atom. The van der Waals surface area contributed by atoms with Crippen LogP contribution >= 0.6 is 11.3 Å². The van der Waals surface area contributed by atoms with Crippen LogP contribution in [0.3, 0.4) is 0 Å². The molecule has 0 spiro atoms. The van der Waals surface area contributed by atoms with Crippen LogP contribution in [0.15, 0.2) is 11.4 Å². The Morgan fingerprint density at radius 2 is 2.05 bits per heavy atom. The average molecular weight is 306 g/mol. The summed E-state index contributed by atoms with van der Waals surface area (Å²) >= 11 is 1.69. The fourth-order valence-corrected chi connectivity index (χ4v) is 4.19. The van der Waals surface area contributed by atoms with Gasteiger partial charge in [-0.1, -0.05) is 19.3 Å². The molecule has 2 fully saturated rings. The van der Waals surface area contributed by atoms with Gasteiger partial charge in [-0.05, 0) is 36.8 Å². The van der Waals surface area contributed by atoms with E-state index in [1.807, 2.05) is 0 Å². The Labute approximate surface area is 129 Å². The van der Waals surface area contributed by atoms with Gasteiger partial charge in [0, 0.05) is 17.5 Å². The molecule has 114 valence electrons. The third-order valence-corrected chi connectivity index (χ3v) is 5.62. The molecule has 0 bridgehead atoms. The zero-order valence-corrected chi connectivity index (χ0v) is 13.2. The van der Waals surface area contributed by atoms with Gasteiger partial charge in [0.25, 0.3) is 0 Å². The Kier molecular flexibility index (Phi) is 4.40. The van der Waals surface area contributed by atoms with Crippen LogP contribution in [-0.4, -0.2) is 28.8 Å². The molecule has 2 amide bonds. The number of aryl methyl sites for hydroxylation is 1. The molecule has 1 atom stereocenters. The smallest absolute Gasteiger partial charge is 0.247 e. The fraction of sp³-hybridized carbons (Fsp3) is 0.625. The molecule has 1 saturated heterocycles. The summed E-state index contributed by atoms with van der Waals surface area (Å²) in [7, 11) is 0. The highest BCUT2D eigenvalue weighted by atomic mass is 32.1. The lowest BCUT2D eigenvalue weighted by Crippen LogP contribution is -2.44. The molecular formula is C16H22N2O2S. The zero-order chi connectivity index (χ0) is 14.8. The lowest BCUT2D eigenvalue weighted by Gasteiger charge is -2.29. The number of carbonyl (C=O) groups excluding carboxylic acids is 2. The SMILES string of the molecule is Cc1ccsc1CNC1CC(=O)N(C2CCCCC2)C1=O. The van der Waals surface area contributed by atoms with Crippen LogP contribution in [-0.2, 0) is 16.1 Å². The lowest BCUT2D eigenvalue weighted by molar-refractivity contribution is -0.142. The maximum atomic E-state index is 12.5. The van der Waals surface area contributed by atoms with Gasteiger partial charge in [0.05, 0.1) is 12.5 Å². The third-order valence-electron chi connectivity index (χ3n) is 4.60. The monoisotopic (exact) mass is 306 g/mol. The normalized spacial score (nSPS) is 24.0. The molecule has 1 aliphatic heterocycles. The Balaban J connectivity index is 1.61. The Bertz CT molecular complexity index is 534. The molecule has 5 heteroatoms. The summed E-state index contributed by atoms with van der Waals surface area (Å²) < 4.78 is 0. The minimum Gasteiger partial charge on any atom is -0.300 e. The number of nitrogens with zero attached hydrogens (tertiary/aromatic N) is 1. The highest BCUT2D eigenvalue weighted by molar-refractivity contribution is 7.10. The summed E-state index contributed by atoms with van der Waals surface area (Å²) in [4.78, 5) is 27.5. The van der Waals surface area contributed by atoms with Gasteiger partial charge in [-0.25, -0.2) is 0 Å². The Hall–Kier alpha value is -1.20. The van der Waals surface area contributed by atoms with E-state index in [0.717, 1.165) is 25.7 Å². The summed E-state index contributed by atoms with van der Waals surface area (Å²) in [6.45, 7) is 2.75. The van der Waals surface area contributed by atoms with Crippen LogP contribution in [0.1, 0.15) is 49.0 Å². The molecule has 0 aromatic carbocycles. The number of likely N-dealkylation sites (tertiary alicyclic amines) is 1. The van der Waals surface area contributed by atoms with E-state index >= 15 is 0 Å². The van der Waals surface area contributed by atoms with Crippen LogP contribution in [0.5, 0.6) is 0 Å². The molecule has 3 rings (SSSR count). The van der Waals surface area contributed by atoms with Crippen molar-refractivity contribution in [2.75, 3.05) is 0 Å². The van der Waals surface area contributed by atoms with E-state index in [0.29, 0.717) is 13.0 Å². The second-order valence-electron chi connectivity index (χ2n) is 6.06. The van der Waals surface area contributed by atoms with Crippen LogP contribution in [0.2, 0.25) is 0 Å². The largest absolute Gasteiger partial charge is 0.300 e. The summed E-state index contributed by atoms with van der Waals surface area (Å²) in [6.07, 6.45) is 5.77. The van der Waals surface area contributed by atoms with Crippen molar-refractivity contribution in [1.29, 1.82) is 0 Å². The van der Waals surface area contributed by atoms with Crippen molar-refractivity contribution in [3.8, 4) is 0 Å². The first kappa shape index (κ1) is 14.7. The first-order chi connectivity index (χ1) is 10.2. The van der Waals surface area contributed by atoms with Gasteiger partial charge < -0.3 is 5.32 Å². The molecule has 1 saturated carbocycles. The number of hydrogen-bond acceptors (Lipinski definition) is 4. The van der Waals surface area contributed by atoms with E-state index in [9.17, 15) is 9.59 Å². The average Bonchev–Trinajstić information content (AvgIpc) is 3.01. The van der Waals surface area contributed by atoms with E-state index in [1.165, 1.54) is 16.9 Å². The van der Waals surface area contributed by atoms with Crippen molar-refractivity contribution in [2.45, 2.75) is 64.1 Å². The number of rotatable bonds is 4. The molecule has 1 unspecified atom stereocenters. The summed E-state index contributed by atoms with van der Waals surface area (Å²) in [6, 6.07) is 1.90. The maximum Gasteiger partial charge on any atom is 0.247 e. The molecule has 1 aromatic rings. The molecule has 0 radical (unpaired) electrons. The van der Waals surface area contributed by atoms with Crippen molar-refractivity contribution < 1.29 is 9.59 Å². The Morgan fingerprint density at radius 1 is 1.29 bits per heavy atom. The van der Waals surface area contributed by atoms with Crippen LogP contribution in [0.4, 0.5) is 0 Å². The highest BCUT2D eigenvalue weighted by Crippen LogP contribution is 2.27. The van der Waals surface area contributed by atoms with Gasteiger partial charge in [0.2, 0.25) is 11.8 Å². The topological polar surface area (TPSA) is 49.4 Å². The van der Waals surface area contributed by atoms with Crippen molar-refractivity contribution in [3.05, 3.63) is 21.9 Å². The molecule has 1 N–H and O–H groups in total. The van der Waals surface area contributed by atoms with Crippen LogP contribution in [0.25, 0.3) is 0 Å². The second kappa shape index (κ2) is 6.28. The first-order valence-corrected chi connectivity index (χ1v) is 8.67. The summed E-state index contributed by atoms with van der Waals surface area (Å²) in [5, 5.41) is 5.33. The molecular weight excluding hydrogens is 284 g/mol. The van der Waals surface area contributed by atoms with Gasteiger partial charge in [0.15, 0.2) is 0 Å². The second-order valence-corrected chi connectivity index (χ2v) is 7.06. The molecule has 1 aliphatic carbocycles. The minimum absolute atomic E-state index is 0.00676. The van der Waals surface area contributed by atoms with E-state index < -0.39 is 0 Å². The van der Waals surface area contributed by atoms with Crippen LogP contribution in [0, 0.1) is 6.92 Å². The molecule has 1 aromatic heterocycles. The van der Waals surface area contributed by atoms with E-state index in [1.54, 1.807) is 16.2 Å². The van der Waals surface area contributed by atoms with Crippen molar-refractivity contribution >= 4 is 23.2 Å². The number of carbonyl (C=O) groups is 2. The fourth-order valence-electron chi connectivity index (χ4n) is 3.33. The van der Waals surface area contributed by atoms with Gasteiger partial charge in [-0.3, -0.25) is 14.5 Å². The first-order valence-electron chi connectivity index (χ1n) is 7.79. The standard InChI is InChI=1S/C16H22N2O2S/c1-11-7-8-21-14(11)10-17-13-9-15(19)18(16(13)20)12-5-3-2-4-6-12/h7-8,12-13,17H,2-6,9-10H2,1H3. The van der Waals surface area contributed by atoms with E-state index in [-0.39, 0.29) is 23.9 Å². The molecule has 21 heavy (non-hydrogen) atoms. The summed E-state index contributed by atoms with van der Waals surface area (Å²) in [5.41, 5.74) is 1.24. The van der Waals surface area contributed by atoms with Gasteiger partial charge in [-0.15, -0.1) is 11.3 Å². The maximum absolute atomic E-state index is 12.5. The van der Waals surface area contributed by atoms with E-state index in [4.69, 9.17) is 0 Å². The van der Waals surface area contributed by atoms with Crippen molar-refractivity contribution in [3.63, 3.8) is 0 Å². The van der Waals surface area contributed by atoms with E-state index in [2.05, 4.69) is 23.7 Å². The van der Waals surface area contributed by atoms with Crippen molar-refractivity contribution in [2.24, 2.45) is 0 Å². The number of hydrogen-bond donors (Lipinski definition) is 1. The van der Waals surface area contributed by atoms with Crippen molar-refractivity contribution in [1.82, 2.24) is 10.2 Å². The number of thiophene rings is 1. The highest BCUT2D eigenvalue weighted by Gasteiger charge is 2.42. The number of nitrogens with one attached hydrogen (secondary N) is 1. The van der Waals surface area contributed by atoms with Gasteiger partial charge in [0.1, 0.15) is 0 Å². The predicted molar refractivity (Wildman–Crippen MR) is 83.0 cm³/mol. The molecule has 2 heterocycles. The zero-order valence-electron chi connectivity index (χ0n) is 12.4. The molecule has 4 nitrogen and oxygen atoms in total. The third kappa shape index (κ3) is 3.04. The number of imide groups is 1. The van der Waals surface area contributed by atoms with Gasteiger partial charge >= 0.3 is 0 Å². The molecule has 2 aliphatic rings. The summed E-state index contributed by atoms with van der Waals surface area (Å²) in [5.74, 6) is -0.00610. The lowest BCUT2D eigenvalue weighted by atomic mass is 9.94. The number of amides is 2. The minimum atomic E-state index is -0.332. The van der Waals surface area contributed by atoms with Gasteiger partial charge in [-0.2, -0.15) is 0 Å².